The summed E-state index contributed by atoms with van der Waals surface area (Å²) < 4.78 is 5.12. The van der Waals surface area contributed by atoms with Crippen LogP contribution >= 0.6 is 0 Å². The Labute approximate surface area is 125 Å². The van der Waals surface area contributed by atoms with Gasteiger partial charge in [-0.05, 0) is 39.8 Å². The van der Waals surface area contributed by atoms with E-state index in [4.69, 9.17) is 4.74 Å². The molecule has 21 heavy (non-hydrogen) atoms. The molecular formula is C15H25N3O3. The molecule has 0 bridgehead atoms. The fourth-order valence-electron chi connectivity index (χ4n) is 2.92. The number of esters is 1. The molecule has 2 amide bonds. The third-order valence-electron chi connectivity index (χ3n) is 3.95. The van der Waals surface area contributed by atoms with Crippen molar-refractivity contribution in [3.05, 3.63) is 11.3 Å². The first-order valence-electron chi connectivity index (χ1n) is 7.82. The SMILES string of the molecule is CCOC(=O)C1=C(CN2CCCCCC2)NC(=O)N[C@@H]1C. The molecule has 0 radical (unpaired) electrons. The highest BCUT2D eigenvalue weighted by Crippen LogP contribution is 2.17. The van der Waals surface area contributed by atoms with Crippen LogP contribution in [0.15, 0.2) is 11.3 Å². The van der Waals surface area contributed by atoms with Crippen LogP contribution in [0.5, 0.6) is 0 Å². The van der Waals surface area contributed by atoms with Crippen molar-refractivity contribution in [2.75, 3.05) is 26.2 Å². The number of nitrogens with one attached hydrogen (secondary N) is 2. The topological polar surface area (TPSA) is 70.7 Å². The molecule has 6 nitrogen and oxygen atoms in total. The predicted molar refractivity (Wildman–Crippen MR) is 79.7 cm³/mol. The predicted octanol–water partition coefficient (Wildman–Crippen LogP) is 1.38. The molecule has 2 aliphatic rings. The van der Waals surface area contributed by atoms with E-state index in [0.717, 1.165) is 13.1 Å². The van der Waals surface area contributed by atoms with Crippen LogP contribution in [0.25, 0.3) is 0 Å². The first kappa shape index (κ1) is 15.8. The van der Waals surface area contributed by atoms with Crippen molar-refractivity contribution in [2.24, 2.45) is 0 Å². The quantitative estimate of drug-likeness (QED) is 0.769. The van der Waals surface area contributed by atoms with Gasteiger partial charge >= 0.3 is 12.0 Å². The highest BCUT2D eigenvalue weighted by molar-refractivity contribution is 5.94. The minimum atomic E-state index is -0.345. The number of nitrogens with zero attached hydrogens (tertiary/aromatic N) is 1. The lowest BCUT2D eigenvalue weighted by atomic mass is 10.0. The van der Waals surface area contributed by atoms with Crippen LogP contribution < -0.4 is 10.6 Å². The number of carbonyl (C=O) groups is 2. The minimum absolute atomic E-state index is 0.250. The molecular weight excluding hydrogens is 270 g/mol. The van der Waals surface area contributed by atoms with Crippen molar-refractivity contribution in [1.82, 2.24) is 15.5 Å². The average molecular weight is 295 g/mol. The largest absolute Gasteiger partial charge is 0.463 e. The number of hydrogen-bond acceptors (Lipinski definition) is 4. The molecule has 2 rings (SSSR count). The number of amides is 2. The Hall–Kier alpha value is -1.56. The van der Waals surface area contributed by atoms with Crippen molar-refractivity contribution in [3.8, 4) is 0 Å². The molecule has 0 saturated carbocycles. The molecule has 1 atom stereocenters. The lowest BCUT2D eigenvalue weighted by molar-refractivity contribution is -0.139. The first-order valence-corrected chi connectivity index (χ1v) is 7.82. The Bertz CT molecular complexity index is 426. The summed E-state index contributed by atoms with van der Waals surface area (Å²) >= 11 is 0. The van der Waals surface area contributed by atoms with E-state index in [1.165, 1.54) is 25.7 Å². The van der Waals surface area contributed by atoms with Crippen LogP contribution in [-0.2, 0) is 9.53 Å². The van der Waals surface area contributed by atoms with E-state index in [1.54, 1.807) is 6.92 Å². The molecule has 2 heterocycles. The zero-order chi connectivity index (χ0) is 15.2. The van der Waals surface area contributed by atoms with E-state index < -0.39 is 0 Å². The fourth-order valence-corrected chi connectivity index (χ4v) is 2.92. The molecule has 0 aliphatic carbocycles. The highest BCUT2D eigenvalue weighted by Gasteiger charge is 2.30. The number of ether oxygens (including phenoxy) is 1. The van der Waals surface area contributed by atoms with Gasteiger partial charge in [-0.3, -0.25) is 4.90 Å². The molecule has 0 aromatic rings. The van der Waals surface area contributed by atoms with Crippen molar-refractivity contribution in [3.63, 3.8) is 0 Å². The third-order valence-corrected chi connectivity index (χ3v) is 3.95. The van der Waals surface area contributed by atoms with Gasteiger partial charge in [-0.2, -0.15) is 0 Å². The lowest BCUT2D eigenvalue weighted by Gasteiger charge is -2.30. The zero-order valence-corrected chi connectivity index (χ0v) is 12.9. The Balaban J connectivity index is 2.17. The fraction of sp³-hybridized carbons (Fsp3) is 0.733. The van der Waals surface area contributed by atoms with E-state index in [1.807, 2.05) is 6.92 Å². The maximum atomic E-state index is 12.1. The molecule has 118 valence electrons. The minimum Gasteiger partial charge on any atom is -0.463 e. The number of rotatable bonds is 4. The summed E-state index contributed by atoms with van der Waals surface area (Å²) in [4.78, 5) is 26.1. The van der Waals surface area contributed by atoms with Gasteiger partial charge in [0.15, 0.2) is 0 Å². The Morgan fingerprint density at radius 1 is 1.29 bits per heavy atom. The second-order valence-electron chi connectivity index (χ2n) is 5.62. The number of hydrogen-bond donors (Lipinski definition) is 2. The summed E-state index contributed by atoms with van der Waals surface area (Å²) in [6.07, 6.45) is 4.85. The van der Waals surface area contributed by atoms with Crippen LogP contribution in [0, 0.1) is 0 Å². The van der Waals surface area contributed by atoms with Crippen LogP contribution in [0.1, 0.15) is 39.5 Å². The van der Waals surface area contributed by atoms with Crippen LogP contribution in [0.3, 0.4) is 0 Å². The van der Waals surface area contributed by atoms with E-state index in [-0.39, 0.29) is 18.0 Å². The van der Waals surface area contributed by atoms with E-state index in [9.17, 15) is 9.59 Å². The molecule has 6 heteroatoms. The summed E-state index contributed by atoms with van der Waals surface area (Å²) in [7, 11) is 0. The smallest absolute Gasteiger partial charge is 0.337 e. The molecule has 2 N–H and O–H groups in total. The Morgan fingerprint density at radius 3 is 2.57 bits per heavy atom. The van der Waals surface area contributed by atoms with Crippen molar-refractivity contribution in [2.45, 2.75) is 45.6 Å². The maximum Gasteiger partial charge on any atom is 0.337 e. The van der Waals surface area contributed by atoms with Gasteiger partial charge in [0.25, 0.3) is 0 Å². The van der Waals surface area contributed by atoms with Crippen molar-refractivity contribution >= 4 is 12.0 Å². The van der Waals surface area contributed by atoms with E-state index in [2.05, 4.69) is 15.5 Å². The molecule has 2 aliphatic heterocycles. The third kappa shape index (κ3) is 4.20. The lowest BCUT2D eigenvalue weighted by Crippen LogP contribution is -2.51. The van der Waals surface area contributed by atoms with Crippen LogP contribution in [-0.4, -0.2) is 49.2 Å². The summed E-state index contributed by atoms with van der Waals surface area (Å²) in [5.74, 6) is -0.345. The molecule has 0 unspecified atom stereocenters. The average Bonchev–Trinajstić information content (AvgIpc) is 2.66. The van der Waals surface area contributed by atoms with Crippen LogP contribution in [0.4, 0.5) is 4.79 Å². The van der Waals surface area contributed by atoms with E-state index in [0.29, 0.717) is 24.4 Å². The monoisotopic (exact) mass is 295 g/mol. The highest BCUT2D eigenvalue weighted by atomic mass is 16.5. The molecule has 0 aromatic heterocycles. The number of carbonyl (C=O) groups excluding carboxylic acids is 2. The normalized spacial score (nSPS) is 24.1. The summed E-state index contributed by atoms with van der Waals surface area (Å²) in [6.45, 7) is 6.56. The van der Waals surface area contributed by atoms with E-state index >= 15 is 0 Å². The molecule has 1 fully saturated rings. The second-order valence-corrected chi connectivity index (χ2v) is 5.62. The maximum absolute atomic E-state index is 12.1. The standard InChI is InChI=1S/C15H25N3O3/c1-3-21-14(19)13-11(2)16-15(20)17-12(13)10-18-8-6-4-5-7-9-18/h11H,3-10H2,1-2H3,(H2,16,17,20)/t11-/m1/s1. The first-order chi connectivity index (χ1) is 10.1. The molecule has 1 saturated heterocycles. The van der Waals surface area contributed by atoms with Gasteiger partial charge in [-0.1, -0.05) is 12.8 Å². The van der Waals surface area contributed by atoms with Crippen molar-refractivity contribution in [1.29, 1.82) is 0 Å². The summed E-state index contributed by atoms with van der Waals surface area (Å²) in [5.41, 5.74) is 1.23. The van der Waals surface area contributed by atoms with Gasteiger partial charge in [-0.25, -0.2) is 9.59 Å². The van der Waals surface area contributed by atoms with Gasteiger partial charge in [0, 0.05) is 12.2 Å². The molecule has 0 aromatic carbocycles. The Kier molecular flexibility index (Phi) is 5.61. The van der Waals surface area contributed by atoms with Crippen LogP contribution in [0.2, 0.25) is 0 Å². The van der Waals surface area contributed by atoms with Gasteiger partial charge in [0.1, 0.15) is 0 Å². The Morgan fingerprint density at radius 2 is 1.95 bits per heavy atom. The summed E-state index contributed by atoms with van der Waals surface area (Å²) in [5, 5.41) is 5.51. The second kappa shape index (κ2) is 7.45. The van der Waals surface area contributed by atoms with Gasteiger partial charge in [0.2, 0.25) is 0 Å². The number of urea groups is 1. The van der Waals surface area contributed by atoms with Gasteiger partial charge < -0.3 is 15.4 Å². The van der Waals surface area contributed by atoms with Gasteiger partial charge in [-0.15, -0.1) is 0 Å². The van der Waals surface area contributed by atoms with Crippen molar-refractivity contribution < 1.29 is 14.3 Å². The van der Waals surface area contributed by atoms with Gasteiger partial charge in [0.05, 0.1) is 18.2 Å². The zero-order valence-electron chi connectivity index (χ0n) is 12.9. The number of likely N-dealkylation sites (tertiary alicyclic amines) is 1. The summed E-state index contributed by atoms with van der Waals surface area (Å²) in [6, 6.07) is -0.569. The molecule has 0 spiro atoms.